The Labute approximate surface area is 150 Å². The van der Waals surface area contributed by atoms with Crippen LogP contribution in [0.4, 0.5) is 0 Å². The largest absolute Gasteiger partial charge is 0.463 e. The molecule has 6 nitrogen and oxygen atoms in total. The Morgan fingerprint density at radius 3 is 2.52 bits per heavy atom. The van der Waals surface area contributed by atoms with Crippen molar-refractivity contribution >= 4 is 23.5 Å². The molecule has 1 aromatic heterocycles. The fourth-order valence-corrected chi connectivity index (χ4v) is 2.53. The van der Waals surface area contributed by atoms with Gasteiger partial charge in [0.25, 0.3) is 5.91 Å². The molecule has 0 saturated carbocycles. The second kappa shape index (κ2) is 8.48. The first-order valence-corrected chi connectivity index (χ1v) is 8.18. The van der Waals surface area contributed by atoms with Crippen molar-refractivity contribution in [2.75, 3.05) is 0 Å². The Bertz CT molecular complexity index is 796. The maximum atomic E-state index is 12.4. The summed E-state index contributed by atoms with van der Waals surface area (Å²) in [6, 6.07) is 8.97. The minimum absolute atomic E-state index is 0.0585. The molecular formula is C18H19ClN2O4. The van der Waals surface area contributed by atoms with Crippen LogP contribution >= 0.6 is 11.6 Å². The van der Waals surface area contributed by atoms with Crippen molar-refractivity contribution in [2.45, 2.75) is 32.4 Å². The summed E-state index contributed by atoms with van der Waals surface area (Å²) in [6.45, 7) is 3.50. The van der Waals surface area contributed by atoms with Crippen LogP contribution in [0.2, 0.25) is 5.02 Å². The number of carbonyl (C=O) groups excluding carboxylic acids is 2. The molecule has 0 fully saturated rings. The standard InChI is InChI=1S/C18H19ClN2O4/c1-11(2)25-17(23)9-15(13-5-3-4-6-14(13)19)21-18(24)12-7-8-16(22)20-10-12/h3-8,10-11,15H,9H2,1-2H3,(H,20,22)(H,21,24)/t15-/m1/s1. The number of nitrogens with one attached hydrogen (secondary N) is 2. The molecule has 0 aliphatic carbocycles. The van der Waals surface area contributed by atoms with Crippen molar-refractivity contribution in [3.8, 4) is 0 Å². The summed E-state index contributed by atoms with van der Waals surface area (Å²) in [4.78, 5) is 38.0. The average Bonchev–Trinajstić information content (AvgIpc) is 2.54. The minimum Gasteiger partial charge on any atom is -0.463 e. The van der Waals surface area contributed by atoms with Gasteiger partial charge in [-0.2, -0.15) is 0 Å². The minimum atomic E-state index is -0.653. The highest BCUT2D eigenvalue weighted by Gasteiger charge is 2.22. The second-order valence-electron chi connectivity index (χ2n) is 5.73. The number of rotatable bonds is 6. The summed E-state index contributed by atoms with van der Waals surface area (Å²) >= 11 is 6.21. The van der Waals surface area contributed by atoms with Crippen molar-refractivity contribution in [3.05, 3.63) is 69.1 Å². The van der Waals surface area contributed by atoms with E-state index in [1.165, 1.54) is 18.3 Å². The predicted molar refractivity (Wildman–Crippen MR) is 94.6 cm³/mol. The van der Waals surface area contributed by atoms with Gasteiger partial charge in [0.1, 0.15) is 0 Å². The molecule has 1 heterocycles. The van der Waals surface area contributed by atoms with Crippen LogP contribution in [0.15, 0.2) is 47.4 Å². The zero-order valence-corrected chi connectivity index (χ0v) is 14.7. The molecule has 0 saturated heterocycles. The molecule has 0 bridgehead atoms. The Morgan fingerprint density at radius 1 is 1.20 bits per heavy atom. The highest BCUT2D eigenvalue weighted by atomic mass is 35.5. The van der Waals surface area contributed by atoms with E-state index in [2.05, 4.69) is 10.3 Å². The number of amides is 1. The number of hydrogen-bond donors (Lipinski definition) is 2. The van der Waals surface area contributed by atoms with Crippen molar-refractivity contribution in [1.82, 2.24) is 10.3 Å². The number of halogens is 1. The molecule has 0 unspecified atom stereocenters. The van der Waals surface area contributed by atoms with Crippen LogP contribution in [0.1, 0.15) is 42.2 Å². The number of H-pyrrole nitrogens is 1. The molecule has 0 radical (unpaired) electrons. The highest BCUT2D eigenvalue weighted by molar-refractivity contribution is 6.31. The number of aromatic nitrogens is 1. The lowest BCUT2D eigenvalue weighted by atomic mass is 10.0. The van der Waals surface area contributed by atoms with E-state index < -0.39 is 17.9 Å². The first-order valence-electron chi connectivity index (χ1n) is 7.80. The molecule has 2 N–H and O–H groups in total. The number of benzene rings is 1. The average molecular weight is 363 g/mol. The molecule has 0 aliphatic heterocycles. The first-order chi connectivity index (χ1) is 11.9. The number of carbonyl (C=O) groups is 2. The smallest absolute Gasteiger partial charge is 0.308 e. The molecule has 1 atom stereocenters. The summed E-state index contributed by atoms with van der Waals surface area (Å²) in [6.07, 6.45) is 0.999. The first kappa shape index (κ1) is 18.7. The van der Waals surface area contributed by atoms with Gasteiger partial charge < -0.3 is 15.0 Å². The number of pyridine rings is 1. The van der Waals surface area contributed by atoms with Crippen molar-refractivity contribution in [2.24, 2.45) is 0 Å². The Morgan fingerprint density at radius 2 is 1.92 bits per heavy atom. The fourth-order valence-electron chi connectivity index (χ4n) is 2.27. The van der Waals surface area contributed by atoms with E-state index in [1.807, 2.05) is 0 Å². The lowest BCUT2D eigenvalue weighted by molar-refractivity contribution is -0.147. The van der Waals surface area contributed by atoms with E-state index in [1.54, 1.807) is 38.1 Å². The van der Waals surface area contributed by atoms with Crippen LogP contribution in [0.5, 0.6) is 0 Å². The van der Waals surface area contributed by atoms with E-state index in [4.69, 9.17) is 16.3 Å². The summed E-state index contributed by atoms with van der Waals surface area (Å²) in [5, 5.41) is 3.20. The van der Waals surface area contributed by atoms with E-state index in [-0.39, 0.29) is 23.6 Å². The topological polar surface area (TPSA) is 88.3 Å². The van der Waals surface area contributed by atoms with Crippen LogP contribution < -0.4 is 10.9 Å². The summed E-state index contributed by atoms with van der Waals surface area (Å²) in [7, 11) is 0. The van der Waals surface area contributed by atoms with Crippen molar-refractivity contribution in [3.63, 3.8) is 0 Å². The van der Waals surface area contributed by atoms with E-state index in [0.29, 0.717) is 10.6 Å². The highest BCUT2D eigenvalue weighted by Crippen LogP contribution is 2.26. The van der Waals surface area contributed by atoms with Gasteiger partial charge in [-0.05, 0) is 31.5 Å². The molecule has 0 spiro atoms. The van der Waals surface area contributed by atoms with E-state index in [0.717, 1.165) is 0 Å². The number of hydrogen-bond acceptors (Lipinski definition) is 4. The lowest BCUT2D eigenvalue weighted by Gasteiger charge is -2.20. The Hall–Kier alpha value is -2.60. The fraction of sp³-hybridized carbons (Fsp3) is 0.278. The zero-order valence-electron chi connectivity index (χ0n) is 13.9. The van der Waals surface area contributed by atoms with Crippen LogP contribution in [0.25, 0.3) is 0 Å². The zero-order chi connectivity index (χ0) is 18.4. The molecule has 0 aliphatic rings. The second-order valence-corrected chi connectivity index (χ2v) is 6.14. The SMILES string of the molecule is CC(C)OC(=O)C[C@@H](NC(=O)c1ccc(=O)[nH]c1)c1ccccc1Cl. The third-order valence-corrected chi connectivity index (χ3v) is 3.71. The molecule has 132 valence electrons. The van der Waals surface area contributed by atoms with Gasteiger partial charge in [0.15, 0.2) is 0 Å². The lowest BCUT2D eigenvalue weighted by Crippen LogP contribution is -2.31. The van der Waals surface area contributed by atoms with Gasteiger partial charge in [0.05, 0.1) is 24.1 Å². The van der Waals surface area contributed by atoms with Crippen LogP contribution in [0.3, 0.4) is 0 Å². The molecule has 1 aromatic carbocycles. The third kappa shape index (κ3) is 5.46. The van der Waals surface area contributed by atoms with E-state index in [9.17, 15) is 14.4 Å². The molecular weight excluding hydrogens is 344 g/mol. The van der Waals surface area contributed by atoms with Gasteiger partial charge in [0.2, 0.25) is 5.56 Å². The van der Waals surface area contributed by atoms with Gasteiger partial charge in [-0.15, -0.1) is 0 Å². The van der Waals surface area contributed by atoms with Crippen molar-refractivity contribution in [1.29, 1.82) is 0 Å². The van der Waals surface area contributed by atoms with Crippen LogP contribution in [-0.4, -0.2) is 23.0 Å². The molecule has 2 rings (SSSR count). The number of esters is 1. The van der Waals surface area contributed by atoms with Crippen LogP contribution in [0, 0.1) is 0 Å². The van der Waals surface area contributed by atoms with Gasteiger partial charge in [0, 0.05) is 17.3 Å². The normalized spacial score (nSPS) is 11.8. The monoisotopic (exact) mass is 362 g/mol. The maximum absolute atomic E-state index is 12.4. The third-order valence-electron chi connectivity index (χ3n) is 3.37. The molecule has 7 heteroatoms. The Balaban J connectivity index is 2.23. The summed E-state index contributed by atoms with van der Waals surface area (Å²) < 4.78 is 5.16. The Kier molecular flexibility index (Phi) is 6.36. The maximum Gasteiger partial charge on any atom is 0.308 e. The molecule has 1 amide bonds. The van der Waals surface area contributed by atoms with Gasteiger partial charge >= 0.3 is 5.97 Å². The van der Waals surface area contributed by atoms with Crippen molar-refractivity contribution < 1.29 is 14.3 Å². The molecule has 2 aromatic rings. The van der Waals surface area contributed by atoms with E-state index >= 15 is 0 Å². The predicted octanol–water partition coefficient (Wildman–Crippen LogP) is 2.84. The van der Waals surface area contributed by atoms with Gasteiger partial charge in [-0.25, -0.2) is 0 Å². The number of aromatic amines is 1. The van der Waals surface area contributed by atoms with Gasteiger partial charge in [-0.1, -0.05) is 29.8 Å². The molecule has 25 heavy (non-hydrogen) atoms. The van der Waals surface area contributed by atoms with Crippen LogP contribution in [-0.2, 0) is 9.53 Å². The number of ether oxygens (including phenoxy) is 1. The summed E-state index contributed by atoms with van der Waals surface area (Å²) in [5.74, 6) is -0.875. The van der Waals surface area contributed by atoms with Gasteiger partial charge in [-0.3, -0.25) is 14.4 Å². The quantitative estimate of drug-likeness (QED) is 0.773. The summed E-state index contributed by atoms with van der Waals surface area (Å²) in [5.41, 5.74) is 0.580.